The smallest absolute Gasteiger partial charge is 0.321 e. The zero-order valence-corrected chi connectivity index (χ0v) is 19.4. The first kappa shape index (κ1) is 22.6. The van der Waals surface area contributed by atoms with Crippen molar-refractivity contribution >= 4 is 28.9 Å². The van der Waals surface area contributed by atoms with Gasteiger partial charge in [-0.15, -0.1) is 0 Å². The summed E-state index contributed by atoms with van der Waals surface area (Å²) in [6, 6.07) is 12.3. The van der Waals surface area contributed by atoms with Gasteiger partial charge in [0, 0.05) is 12.1 Å². The maximum absolute atomic E-state index is 13.8. The minimum atomic E-state index is -1.09. The summed E-state index contributed by atoms with van der Waals surface area (Å²) in [5, 5.41) is 0. The summed E-state index contributed by atoms with van der Waals surface area (Å²) < 4.78 is 18.5. The normalized spacial score (nSPS) is 17.7. The number of hydrogen-bond acceptors (Lipinski definition) is 6. The Bertz CT molecular complexity index is 1170. The van der Waals surface area contributed by atoms with E-state index in [1.165, 1.54) is 0 Å². The van der Waals surface area contributed by atoms with Gasteiger partial charge in [-0.3, -0.25) is 14.5 Å². The number of benzene rings is 2. The van der Waals surface area contributed by atoms with Crippen LogP contribution in [0.3, 0.4) is 0 Å². The number of methoxy groups -OCH3 is 2. The van der Waals surface area contributed by atoms with E-state index < -0.39 is 17.9 Å². The first-order valence-electron chi connectivity index (χ1n) is 11.2. The highest BCUT2D eigenvalue weighted by atomic mass is 16.5. The number of unbranched alkanes of at least 4 members (excludes halogenated alkanes) is 1. The van der Waals surface area contributed by atoms with Crippen molar-refractivity contribution in [3.05, 3.63) is 48.0 Å². The molecule has 33 heavy (non-hydrogen) atoms. The lowest BCUT2D eigenvalue weighted by Crippen LogP contribution is -2.50. The molecule has 0 saturated carbocycles. The largest absolute Gasteiger partial charge is 0.497 e. The number of hydrogen-bond donors (Lipinski definition) is 0. The third kappa shape index (κ3) is 3.90. The number of carbonyl (C=O) groups is 2. The summed E-state index contributed by atoms with van der Waals surface area (Å²) in [7, 11) is 3.14. The van der Waals surface area contributed by atoms with Crippen LogP contribution in [0.4, 0.5) is 5.95 Å². The molecule has 8 heteroatoms. The molecule has 4 rings (SSSR count). The third-order valence-electron chi connectivity index (χ3n) is 5.98. The molecule has 3 aromatic rings. The Morgan fingerprint density at radius 3 is 2.58 bits per heavy atom. The Morgan fingerprint density at radius 2 is 1.88 bits per heavy atom. The Hall–Kier alpha value is -3.55. The number of nitrogens with zero attached hydrogens (tertiary/aromatic N) is 3. The summed E-state index contributed by atoms with van der Waals surface area (Å²) >= 11 is 0. The second-order valence-corrected chi connectivity index (χ2v) is 7.90. The Morgan fingerprint density at radius 1 is 1.09 bits per heavy atom. The van der Waals surface area contributed by atoms with Crippen LogP contribution >= 0.6 is 0 Å². The molecule has 2 atom stereocenters. The highest BCUT2D eigenvalue weighted by Crippen LogP contribution is 2.44. The molecular weight excluding hydrogens is 422 g/mol. The minimum Gasteiger partial charge on any atom is -0.497 e. The molecule has 2 heterocycles. The number of carbonyl (C=O) groups excluding carboxylic acids is 2. The van der Waals surface area contributed by atoms with Crippen LogP contribution < -0.4 is 14.4 Å². The molecule has 0 spiro atoms. The number of para-hydroxylation sites is 2. The van der Waals surface area contributed by atoms with Gasteiger partial charge in [-0.2, -0.15) is 0 Å². The van der Waals surface area contributed by atoms with Gasteiger partial charge in [0.2, 0.25) is 11.9 Å². The lowest BCUT2D eigenvalue weighted by Gasteiger charge is -2.38. The van der Waals surface area contributed by atoms with E-state index in [1.54, 1.807) is 38.2 Å². The molecule has 2 aromatic carbocycles. The average Bonchev–Trinajstić information content (AvgIpc) is 3.21. The fourth-order valence-electron chi connectivity index (χ4n) is 4.42. The number of imidazole rings is 1. The molecule has 8 nitrogen and oxygen atoms in total. The molecule has 174 valence electrons. The Labute approximate surface area is 193 Å². The van der Waals surface area contributed by atoms with Crippen molar-refractivity contribution in [2.75, 3.05) is 32.3 Å². The van der Waals surface area contributed by atoms with Crippen molar-refractivity contribution in [3.63, 3.8) is 0 Å². The van der Waals surface area contributed by atoms with E-state index in [0.29, 0.717) is 29.6 Å². The van der Waals surface area contributed by atoms with E-state index in [0.717, 1.165) is 23.9 Å². The molecule has 0 radical (unpaired) electrons. The van der Waals surface area contributed by atoms with Crippen LogP contribution in [0.1, 0.15) is 38.3 Å². The van der Waals surface area contributed by atoms with Gasteiger partial charge >= 0.3 is 5.97 Å². The molecule has 0 unspecified atom stereocenters. The summed E-state index contributed by atoms with van der Waals surface area (Å²) in [6.07, 6.45) is 1.69. The quantitative estimate of drug-likeness (QED) is 0.381. The zero-order valence-electron chi connectivity index (χ0n) is 19.4. The van der Waals surface area contributed by atoms with E-state index in [4.69, 9.17) is 19.2 Å². The topological polar surface area (TPSA) is 82.9 Å². The predicted molar refractivity (Wildman–Crippen MR) is 125 cm³/mol. The number of anilines is 1. The molecular formula is C25H29N3O5. The maximum Gasteiger partial charge on any atom is 0.321 e. The van der Waals surface area contributed by atoms with Crippen molar-refractivity contribution in [3.8, 4) is 11.5 Å². The zero-order chi connectivity index (χ0) is 23.5. The van der Waals surface area contributed by atoms with Crippen LogP contribution in [-0.2, 0) is 14.3 Å². The van der Waals surface area contributed by atoms with Gasteiger partial charge in [-0.05, 0) is 43.7 Å². The monoisotopic (exact) mass is 451 g/mol. The van der Waals surface area contributed by atoms with Gasteiger partial charge in [0.15, 0.2) is 5.92 Å². The maximum atomic E-state index is 13.8. The average molecular weight is 452 g/mol. The standard InChI is InChI=1S/C25H29N3O5/c1-5-7-14-27-23(29)21(24(30)33-6-2)22(17-15-16(31-3)12-13-20(17)32-4)28-19-11-9-8-10-18(19)26-25(27)28/h8-13,15,21-22H,5-7,14H2,1-4H3/t21-,22-/m1/s1. The lowest BCUT2D eigenvalue weighted by molar-refractivity contribution is -0.153. The van der Waals surface area contributed by atoms with Gasteiger partial charge in [-0.1, -0.05) is 25.5 Å². The van der Waals surface area contributed by atoms with Crippen LogP contribution in [0.15, 0.2) is 42.5 Å². The second-order valence-electron chi connectivity index (χ2n) is 7.90. The van der Waals surface area contributed by atoms with E-state index in [9.17, 15) is 9.59 Å². The Kier molecular flexibility index (Phi) is 6.53. The molecule has 0 bridgehead atoms. The van der Waals surface area contributed by atoms with Crippen LogP contribution in [0.5, 0.6) is 11.5 Å². The van der Waals surface area contributed by atoms with Gasteiger partial charge in [0.05, 0.1) is 37.9 Å². The van der Waals surface area contributed by atoms with Crippen LogP contribution in [0, 0.1) is 5.92 Å². The fraction of sp³-hybridized carbons (Fsp3) is 0.400. The van der Waals surface area contributed by atoms with Crippen molar-refractivity contribution < 1.29 is 23.8 Å². The van der Waals surface area contributed by atoms with Crippen molar-refractivity contribution in [1.29, 1.82) is 0 Å². The fourth-order valence-corrected chi connectivity index (χ4v) is 4.42. The first-order chi connectivity index (χ1) is 16.0. The number of aromatic nitrogens is 2. The van der Waals surface area contributed by atoms with Crippen molar-refractivity contribution in [2.45, 2.75) is 32.7 Å². The first-order valence-corrected chi connectivity index (χ1v) is 11.2. The molecule has 0 N–H and O–H groups in total. The highest BCUT2D eigenvalue weighted by Gasteiger charge is 2.48. The molecule has 0 aliphatic carbocycles. The number of amides is 1. The number of esters is 1. The van der Waals surface area contributed by atoms with Gasteiger partial charge < -0.3 is 18.8 Å². The Balaban J connectivity index is 2.03. The molecule has 1 amide bonds. The third-order valence-corrected chi connectivity index (χ3v) is 5.98. The van der Waals surface area contributed by atoms with Crippen LogP contribution in [-0.4, -0.2) is 48.8 Å². The van der Waals surface area contributed by atoms with Gasteiger partial charge in [-0.25, -0.2) is 4.98 Å². The lowest BCUT2D eigenvalue weighted by atomic mass is 9.88. The molecule has 0 fully saturated rings. The van der Waals surface area contributed by atoms with Crippen molar-refractivity contribution in [1.82, 2.24) is 9.55 Å². The van der Waals surface area contributed by atoms with E-state index in [2.05, 4.69) is 6.92 Å². The summed E-state index contributed by atoms with van der Waals surface area (Å²) in [6.45, 7) is 4.44. The van der Waals surface area contributed by atoms with E-state index in [1.807, 2.05) is 34.9 Å². The van der Waals surface area contributed by atoms with E-state index in [-0.39, 0.29) is 12.5 Å². The molecule has 1 aromatic heterocycles. The predicted octanol–water partition coefficient (Wildman–Crippen LogP) is 3.97. The van der Waals surface area contributed by atoms with Crippen molar-refractivity contribution in [2.24, 2.45) is 5.92 Å². The van der Waals surface area contributed by atoms with E-state index >= 15 is 0 Å². The second kappa shape index (κ2) is 9.52. The number of rotatable bonds is 8. The highest BCUT2D eigenvalue weighted by molar-refractivity contribution is 6.08. The number of fused-ring (bicyclic) bond motifs is 3. The molecule has 0 saturated heterocycles. The van der Waals surface area contributed by atoms with Crippen LogP contribution in [0.25, 0.3) is 11.0 Å². The summed E-state index contributed by atoms with van der Waals surface area (Å²) in [4.78, 5) is 33.5. The number of ether oxygens (including phenoxy) is 3. The van der Waals surface area contributed by atoms with Gasteiger partial charge in [0.1, 0.15) is 11.5 Å². The summed E-state index contributed by atoms with van der Waals surface area (Å²) in [5.74, 6) is -0.311. The van der Waals surface area contributed by atoms with Crippen LogP contribution in [0.2, 0.25) is 0 Å². The SMILES string of the molecule is CCCCN1C(=O)[C@H](C(=O)OCC)[C@@H](c2cc(OC)ccc2OC)n2c1nc1ccccc12. The van der Waals surface area contributed by atoms with Gasteiger partial charge in [0.25, 0.3) is 0 Å². The molecule has 1 aliphatic rings. The minimum absolute atomic E-state index is 0.178. The summed E-state index contributed by atoms with van der Waals surface area (Å²) in [5.41, 5.74) is 2.23. The molecule has 1 aliphatic heterocycles.